The number of nitrogens with one attached hydrogen (secondary N) is 1. The lowest BCUT2D eigenvalue weighted by Crippen LogP contribution is -2.37. The Kier molecular flexibility index (Phi) is 5.06. The molecule has 1 aliphatic heterocycles. The molecule has 1 fully saturated rings. The molecule has 1 saturated heterocycles. The predicted octanol–water partition coefficient (Wildman–Crippen LogP) is 2.28. The fourth-order valence-electron chi connectivity index (χ4n) is 2.01. The number of hydrogen-bond acceptors (Lipinski definition) is 2. The topological polar surface area (TPSA) is 29.1 Å². The lowest BCUT2D eigenvalue weighted by Gasteiger charge is -2.18. The molecule has 0 amide bonds. The van der Waals surface area contributed by atoms with Crippen molar-refractivity contribution in [2.45, 2.75) is 64.0 Å². The SMILES string of the molecule is CCCCC1CCCCC(C=O)N1. The second kappa shape index (κ2) is 6.14. The van der Waals surface area contributed by atoms with Crippen molar-refractivity contribution in [3.05, 3.63) is 0 Å². The maximum Gasteiger partial charge on any atom is 0.136 e. The van der Waals surface area contributed by atoms with Gasteiger partial charge in [-0.1, -0.05) is 32.6 Å². The average Bonchev–Trinajstić information content (AvgIpc) is 2.39. The molecule has 0 aromatic carbocycles. The first-order valence-corrected chi connectivity index (χ1v) is 5.58. The van der Waals surface area contributed by atoms with E-state index in [4.69, 9.17) is 0 Å². The van der Waals surface area contributed by atoms with Crippen molar-refractivity contribution in [1.29, 1.82) is 0 Å². The van der Waals surface area contributed by atoms with Gasteiger partial charge in [0.05, 0.1) is 6.04 Å². The summed E-state index contributed by atoms with van der Waals surface area (Å²) < 4.78 is 0. The highest BCUT2D eigenvalue weighted by Gasteiger charge is 2.17. The molecule has 76 valence electrons. The molecule has 1 N–H and O–H groups in total. The largest absolute Gasteiger partial charge is 0.305 e. The highest BCUT2D eigenvalue weighted by Crippen LogP contribution is 2.15. The first-order chi connectivity index (χ1) is 6.36. The fourth-order valence-corrected chi connectivity index (χ4v) is 2.01. The minimum Gasteiger partial charge on any atom is -0.305 e. The molecule has 2 heteroatoms. The molecule has 0 spiro atoms. The van der Waals surface area contributed by atoms with Gasteiger partial charge in [0.25, 0.3) is 0 Å². The maximum atomic E-state index is 10.7. The summed E-state index contributed by atoms with van der Waals surface area (Å²) in [6.45, 7) is 2.22. The minimum absolute atomic E-state index is 0.129. The number of hydrogen-bond donors (Lipinski definition) is 1. The first kappa shape index (κ1) is 10.7. The van der Waals surface area contributed by atoms with Crippen LogP contribution < -0.4 is 5.32 Å². The van der Waals surface area contributed by atoms with Crippen molar-refractivity contribution < 1.29 is 4.79 Å². The third-order valence-corrected chi connectivity index (χ3v) is 2.84. The smallest absolute Gasteiger partial charge is 0.136 e. The molecule has 0 aromatic rings. The Morgan fingerprint density at radius 1 is 1.38 bits per heavy atom. The van der Waals surface area contributed by atoms with Crippen molar-refractivity contribution in [2.75, 3.05) is 0 Å². The summed E-state index contributed by atoms with van der Waals surface area (Å²) in [7, 11) is 0. The van der Waals surface area contributed by atoms with Gasteiger partial charge >= 0.3 is 0 Å². The van der Waals surface area contributed by atoms with Gasteiger partial charge in [-0.05, 0) is 19.3 Å². The maximum absolute atomic E-state index is 10.7. The van der Waals surface area contributed by atoms with E-state index in [1.807, 2.05) is 0 Å². The molecule has 1 rings (SSSR count). The minimum atomic E-state index is 0.129. The second-order valence-electron chi connectivity index (χ2n) is 4.03. The summed E-state index contributed by atoms with van der Waals surface area (Å²) in [5.41, 5.74) is 0. The van der Waals surface area contributed by atoms with Crippen LogP contribution in [0.15, 0.2) is 0 Å². The monoisotopic (exact) mass is 183 g/mol. The van der Waals surface area contributed by atoms with Crippen LogP contribution in [0.2, 0.25) is 0 Å². The molecule has 2 unspecified atom stereocenters. The van der Waals surface area contributed by atoms with Crippen LogP contribution in [-0.4, -0.2) is 18.4 Å². The van der Waals surface area contributed by atoms with E-state index >= 15 is 0 Å². The Morgan fingerprint density at radius 2 is 2.15 bits per heavy atom. The highest BCUT2D eigenvalue weighted by molar-refractivity contribution is 5.57. The summed E-state index contributed by atoms with van der Waals surface area (Å²) in [6.07, 6.45) is 9.62. The third kappa shape index (κ3) is 3.90. The molecule has 0 bridgehead atoms. The number of rotatable bonds is 4. The predicted molar refractivity (Wildman–Crippen MR) is 54.8 cm³/mol. The van der Waals surface area contributed by atoms with Gasteiger partial charge in [-0.3, -0.25) is 0 Å². The van der Waals surface area contributed by atoms with Gasteiger partial charge in [0.15, 0.2) is 0 Å². The van der Waals surface area contributed by atoms with E-state index in [-0.39, 0.29) is 6.04 Å². The molecule has 0 aliphatic carbocycles. The van der Waals surface area contributed by atoms with Gasteiger partial charge in [-0.25, -0.2) is 0 Å². The van der Waals surface area contributed by atoms with Crippen LogP contribution >= 0.6 is 0 Å². The van der Waals surface area contributed by atoms with Gasteiger partial charge in [0.1, 0.15) is 6.29 Å². The standard InChI is InChI=1S/C11H21NO/c1-2-3-6-10-7-4-5-8-11(9-13)12-10/h9-12H,2-8H2,1H3. The zero-order valence-electron chi connectivity index (χ0n) is 8.59. The molecule has 13 heavy (non-hydrogen) atoms. The van der Waals surface area contributed by atoms with E-state index < -0.39 is 0 Å². The molecule has 1 aliphatic rings. The average molecular weight is 183 g/mol. The number of aldehydes is 1. The van der Waals surface area contributed by atoms with E-state index in [1.54, 1.807) is 0 Å². The highest BCUT2D eigenvalue weighted by atomic mass is 16.1. The zero-order valence-corrected chi connectivity index (χ0v) is 8.59. The quantitative estimate of drug-likeness (QED) is 0.677. The first-order valence-electron chi connectivity index (χ1n) is 5.58. The fraction of sp³-hybridized carbons (Fsp3) is 0.909. The van der Waals surface area contributed by atoms with Crippen molar-refractivity contribution >= 4 is 6.29 Å². The number of carbonyl (C=O) groups is 1. The number of unbranched alkanes of at least 4 members (excludes halogenated alkanes) is 1. The van der Waals surface area contributed by atoms with Gasteiger partial charge in [-0.2, -0.15) is 0 Å². The molecule has 0 aromatic heterocycles. The van der Waals surface area contributed by atoms with E-state index in [2.05, 4.69) is 12.2 Å². The zero-order chi connectivity index (χ0) is 9.52. The number of carbonyl (C=O) groups excluding carboxylic acids is 1. The van der Waals surface area contributed by atoms with Crippen LogP contribution in [0, 0.1) is 0 Å². The van der Waals surface area contributed by atoms with Crippen molar-refractivity contribution in [2.24, 2.45) is 0 Å². The van der Waals surface area contributed by atoms with E-state index in [1.165, 1.54) is 38.5 Å². The lowest BCUT2D eigenvalue weighted by molar-refractivity contribution is -0.109. The summed E-state index contributed by atoms with van der Waals surface area (Å²) in [5.74, 6) is 0. The van der Waals surface area contributed by atoms with E-state index in [9.17, 15) is 4.79 Å². The van der Waals surface area contributed by atoms with E-state index in [0.717, 1.165) is 12.7 Å². The lowest BCUT2D eigenvalue weighted by atomic mass is 10.1. The molecular formula is C11H21NO. The van der Waals surface area contributed by atoms with Gasteiger partial charge in [0, 0.05) is 6.04 Å². The summed E-state index contributed by atoms with van der Waals surface area (Å²) in [4.78, 5) is 10.7. The second-order valence-corrected chi connectivity index (χ2v) is 4.03. The van der Waals surface area contributed by atoms with E-state index in [0.29, 0.717) is 6.04 Å². The van der Waals surface area contributed by atoms with Crippen LogP contribution in [0.1, 0.15) is 51.9 Å². The van der Waals surface area contributed by atoms with Crippen LogP contribution in [-0.2, 0) is 4.79 Å². The van der Waals surface area contributed by atoms with Crippen LogP contribution in [0.4, 0.5) is 0 Å². The molecule has 2 atom stereocenters. The third-order valence-electron chi connectivity index (χ3n) is 2.84. The normalized spacial score (nSPS) is 29.6. The Balaban J connectivity index is 2.30. The summed E-state index contributed by atoms with van der Waals surface area (Å²) in [6, 6.07) is 0.724. The Bertz CT molecular complexity index is 147. The molecular weight excluding hydrogens is 162 g/mol. The van der Waals surface area contributed by atoms with Crippen LogP contribution in [0.3, 0.4) is 0 Å². The van der Waals surface area contributed by atoms with Crippen molar-refractivity contribution in [3.63, 3.8) is 0 Å². The molecule has 0 saturated carbocycles. The summed E-state index contributed by atoms with van der Waals surface area (Å²) >= 11 is 0. The molecule has 1 heterocycles. The summed E-state index contributed by atoms with van der Waals surface area (Å²) in [5, 5.41) is 3.43. The Hall–Kier alpha value is -0.370. The van der Waals surface area contributed by atoms with Crippen molar-refractivity contribution in [1.82, 2.24) is 5.32 Å². The molecule has 2 nitrogen and oxygen atoms in total. The van der Waals surface area contributed by atoms with Crippen LogP contribution in [0.25, 0.3) is 0 Å². The molecule has 0 radical (unpaired) electrons. The van der Waals surface area contributed by atoms with Crippen LogP contribution in [0.5, 0.6) is 0 Å². The Morgan fingerprint density at radius 3 is 2.85 bits per heavy atom. The van der Waals surface area contributed by atoms with Gasteiger partial charge in [0.2, 0.25) is 0 Å². The van der Waals surface area contributed by atoms with Crippen molar-refractivity contribution in [3.8, 4) is 0 Å². The van der Waals surface area contributed by atoms with Gasteiger partial charge in [-0.15, -0.1) is 0 Å². The van der Waals surface area contributed by atoms with Gasteiger partial charge < -0.3 is 10.1 Å². The Labute approximate surface area is 81.1 Å².